The Hall–Kier alpha value is -3.08. The van der Waals surface area contributed by atoms with Gasteiger partial charge < -0.3 is 14.6 Å². The molecule has 0 saturated carbocycles. The highest BCUT2D eigenvalue weighted by atomic mass is 16.7. The molecule has 28 heavy (non-hydrogen) atoms. The monoisotopic (exact) mass is 382 g/mol. The Morgan fingerprint density at radius 1 is 1.07 bits per heavy atom. The van der Waals surface area contributed by atoms with E-state index in [0.717, 1.165) is 0 Å². The normalized spacial score (nSPS) is 12.2. The maximum atomic E-state index is 12.8. The number of phenols is 1. The van der Waals surface area contributed by atoms with Crippen molar-refractivity contribution in [1.82, 2.24) is 0 Å². The van der Waals surface area contributed by atoms with Crippen molar-refractivity contribution in [1.29, 1.82) is 0 Å². The average Bonchev–Trinajstić information content (AvgIpc) is 2.60. The van der Waals surface area contributed by atoms with Crippen LogP contribution in [0.5, 0.6) is 11.5 Å². The molecule has 0 amide bonds. The third-order valence-electron chi connectivity index (χ3n) is 4.08. The molecule has 1 unspecified atom stereocenters. The number of hydrogen-bond donors (Lipinski definition) is 1. The van der Waals surface area contributed by atoms with Gasteiger partial charge in [-0.2, -0.15) is 0 Å². The molecule has 0 aliphatic carbocycles. The van der Waals surface area contributed by atoms with Crippen molar-refractivity contribution in [2.45, 2.75) is 46.3 Å². The first-order valence-electron chi connectivity index (χ1n) is 9.01. The molecule has 2 aromatic carbocycles. The molecule has 148 valence electrons. The zero-order valence-electron chi connectivity index (χ0n) is 16.9. The Bertz CT molecular complexity index is 891. The van der Waals surface area contributed by atoms with E-state index in [9.17, 15) is 14.7 Å². The fourth-order valence-electron chi connectivity index (χ4n) is 2.78. The molecule has 5 nitrogen and oxygen atoms in total. The Labute approximate surface area is 165 Å². The van der Waals surface area contributed by atoms with Crippen LogP contribution in [0.4, 0.5) is 0 Å². The van der Waals surface area contributed by atoms with Crippen LogP contribution < -0.4 is 4.74 Å². The van der Waals surface area contributed by atoms with Gasteiger partial charge in [-0.3, -0.25) is 4.79 Å². The Morgan fingerprint density at radius 3 is 2.21 bits per heavy atom. The molecule has 2 aromatic rings. The molecule has 0 radical (unpaired) electrons. The zero-order chi connectivity index (χ0) is 21.1. The van der Waals surface area contributed by atoms with Crippen LogP contribution in [0.15, 0.2) is 54.6 Å². The summed E-state index contributed by atoms with van der Waals surface area (Å²) in [6, 6.07) is 11.9. The lowest BCUT2D eigenvalue weighted by Gasteiger charge is -2.26. The van der Waals surface area contributed by atoms with Gasteiger partial charge >= 0.3 is 5.97 Å². The first-order valence-corrected chi connectivity index (χ1v) is 9.01. The lowest BCUT2D eigenvalue weighted by Crippen LogP contribution is -2.23. The van der Waals surface area contributed by atoms with Crippen LogP contribution in [0, 0.1) is 0 Å². The molecule has 0 aromatic heterocycles. The Balaban J connectivity index is 2.43. The van der Waals surface area contributed by atoms with Gasteiger partial charge in [0, 0.05) is 23.6 Å². The van der Waals surface area contributed by atoms with Gasteiger partial charge in [0.05, 0.1) is 5.56 Å². The van der Waals surface area contributed by atoms with Crippen LogP contribution in [0.3, 0.4) is 0 Å². The number of esters is 1. The minimum absolute atomic E-state index is 0.141. The molecular formula is C23H26O5. The highest BCUT2D eigenvalue weighted by Gasteiger charge is 2.28. The highest BCUT2D eigenvalue weighted by molar-refractivity contribution is 6.11. The van der Waals surface area contributed by atoms with Gasteiger partial charge in [0.1, 0.15) is 11.5 Å². The van der Waals surface area contributed by atoms with E-state index in [4.69, 9.17) is 9.47 Å². The summed E-state index contributed by atoms with van der Waals surface area (Å²) < 4.78 is 10.9. The zero-order valence-corrected chi connectivity index (χ0v) is 16.9. The number of ketones is 1. The van der Waals surface area contributed by atoms with E-state index in [2.05, 4.69) is 6.58 Å². The van der Waals surface area contributed by atoms with Gasteiger partial charge in [-0.05, 0) is 24.5 Å². The SMILES string of the molecule is C=C(C)C(=O)OC(C)Oc1ccc(C(=O)c2ccccc2)c(O)c1C(C)(C)C. The first kappa shape index (κ1) is 21.2. The van der Waals surface area contributed by atoms with Gasteiger partial charge in [-0.25, -0.2) is 4.79 Å². The number of hydrogen-bond acceptors (Lipinski definition) is 5. The van der Waals surface area contributed by atoms with Gasteiger partial charge in [0.15, 0.2) is 5.78 Å². The number of aromatic hydroxyl groups is 1. The largest absolute Gasteiger partial charge is 0.507 e. The molecule has 5 heteroatoms. The molecule has 0 aliphatic heterocycles. The van der Waals surface area contributed by atoms with E-state index in [0.29, 0.717) is 16.9 Å². The summed E-state index contributed by atoms with van der Waals surface area (Å²) in [6.07, 6.45) is -0.889. The van der Waals surface area contributed by atoms with Crippen molar-refractivity contribution in [3.05, 3.63) is 71.3 Å². The molecule has 0 heterocycles. The van der Waals surface area contributed by atoms with E-state index in [1.807, 2.05) is 26.8 Å². The number of rotatable bonds is 6. The summed E-state index contributed by atoms with van der Waals surface area (Å²) in [5.41, 5.74) is 0.876. The van der Waals surface area contributed by atoms with E-state index < -0.39 is 17.7 Å². The third-order valence-corrected chi connectivity index (χ3v) is 4.08. The Morgan fingerprint density at radius 2 is 1.68 bits per heavy atom. The van der Waals surface area contributed by atoms with Crippen molar-refractivity contribution >= 4 is 11.8 Å². The molecule has 0 bridgehead atoms. The smallest absolute Gasteiger partial charge is 0.336 e. The van der Waals surface area contributed by atoms with Crippen LogP contribution in [-0.4, -0.2) is 23.1 Å². The maximum Gasteiger partial charge on any atom is 0.336 e. The van der Waals surface area contributed by atoms with Crippen LogP contribution in [0.1, 0.15) is 56.1 Å². The molecule has 1 N–H and O–H groups in total. The summed E-state index contributed by atoms with van der Waals surface area (Å²) in [7, 11) is 0. The minimum atomic E-state index is -0.889. The van der Waals surface area contributed by atoms with Crippen molar-refractivity contribution < 1.29 is 24.2 Å². The standard InChI is InChI=1S/C23H26O5/c1-14(2)22(26)28-15(3)27-18-13-12-17(21(25)19(18)23(4,5)6)20(24)16-10-8-7-9-11-16/h7-13,15,25H,1H2,2-6H3. The number of carbonyl (C=O) groups excluding carboxylic acids is 2. The second kappa shape index (κ2) is 8.30. The van der Waals surface area contributed by atoms with Gasteiger partial charge in [0.25, 0.3) is 0 Å². The van der Waals surface area contributed by atoms with Crippen LogP contribution >= 0.6 is 0 Å². The topological polar surface area (TPSA) is 72.8 Å². The van der Waals surface area contributed by atoms with E-state index in [-0.39, 0.29) is 22.7 Å². The summed E-state index contributed by atoms with van der Waals surface area (Å²) in [6.45, 7) is 12.4. The summed E-state index contributed by atoms with van der Waals surface area (Å²) >= 11 is 0. The average molecular weight is 382 g/mol. The summed E-state index contributed by atoms with van der Waals surface area (Å²) in [5.74, 6) is -0.643. The Kier molecular flexibility index (Phi) is 6.29. The maximum absolute atomic E-state index is 12.8. The lowest BCUT2D eigenvalue weighted by atomic mass is 9.83. The predicted molar refractivity (Wildman–Crippen MR) is 108 cm³/mol. The van der Waals surface area contributed by atoms with Gasteiger partial charge in [-0.1, -0.05) is 57.7 Å². The van der Waals surface area contributed by atoms with E-state index in [1.54, 1.807) is 44.2 Å². The second-order valence-corrected chi connectivity index (χ2v) is 7.65. The molecule has 0 spiro atoms. The molecule has 0 saturated heterocycles. The van der Waals surface area contributed by atoms with Gasteiger partial charge in [0.2, 0.25) is 6.29 Å². The number of phenolic OH excluding ortho intramolecular Hbond substituents is 1. The van der Waals surface area contributed by atoms with Crippen LogP contribution in [-0.2, 0) is 14.9 Å². The number of ether oxygens (including phenoxy) is 2. The molecule has 1 atom stereocenters. The quantitative estimate of drug-likeness (QED) is 0.337. The summed E-state index contributed by atoms with van der Waals surface area (Å²) in [4.78, 5) is 24.5. The van der Waals surface area contributed by atoms with Crippen molar-refractivity contribution in [2.24, 2.45) is 0 Å². The molecule has 2 rings (SSSR count). The van der Waals surface area contributed by atoms with E-state index in [1.165, 1.54) is 6.07 Å². The molecule has 0 aliphatic rings. The van der Waals surface area contributed by atoms with Crippen molar-refractivity contribution in [2.75, 3.05) is 0 Å². The second-order valence-electron chi connectivity index (χ2n) is 7.65. The van der Waals surface area contributed by atoms with Crippen molar-refractivity contribution in [3.8, 4) is 11.5 Å². The van der Waals surface area contributed by atoms with Gasteiger partial charge in [-0.15, -0.1) is 0 Å². The number of carbonyl (C=O) groups is 2. The number of benzene rings is 2. The fraction of sp³-hybridized carbons (Fsp3) is 0.304. The first-order chi connectivity index (χ1) is 13.0. The molecular weight excluding hydrogens is 356 g/mol. The summed E-state index contributed by atoms with van der Waals surface area (Å²) in [5, 5.41) is 10.9. The highest BCUT2D eigenvalue weighted by Crippen LogP contribution is 2.41. The minimum Gasteiger partial charge on any atom is -0.507 e. The fourth-order valence-corrected chi connectivity index (χ4v) is 2.78. The van der Waals surface area contributed by atoms with E-state index >= 15 is 0 Å². The molecule has 0 fully saturated rings. The van der Waals surface area contributed by atoms with Crippen molar-refractivity contribution in [3.63, 3.8) is 0 Å². The third kappa shape index (κ3) is 4.80. The van der Waals surface area contributed by atoms with Crippen LogP contribution in [0.25, 0.3) is 0 Å². The van der Waals surface area contributed by atoms with Crippen LogP contribution in [0.2, 0.25) is 0 Å². The predicted octanol–water partition coefficient (Wildman–Crippen LogP) is 4.76. The lowest BCUT2D eigenvalue weighted by molar-refractivity contribution is -0.156.